The molecule has 134 valence electrons. The molecular formula is C19H22F2N2O2. The number of rotatable bonds is 8. The Balaban J connectivity index is 1.96. The lowest BCUT2D eigenvalue weighted by atomic mass is 10.0. The molecule has 0 spiro atoms. The maximum atomic E-state index is 12.3. The topological polar surface area (TPSA) is 41.6 Å². The highest BCUT2D eigenvalue weighted by Gasteiger charge is 2.15. The minimum absolute atomic E-state index is 0.0314. The Morgan fingerprint density at radius 3 is 2.48 bits per heavy atom. The van der Waals surface area contributed by atoms with Gasteiger partial charge in [-0.2, -0.15) is 8.78 Å². The molecular weight excluding hydrogens is 326 g/mol. The Morgan fingerprint density at radius 2 is 1.84 bits per heavy atom. The van der Waals surface area contributed by atoms with Gasteiger partial charge in [0.2, 0.25) is 0 Å². The van der Waals surface area contributed by atoms with Crippen LogP contribution in [0.25, 0.3) is 0 Å². The van der Waals surface area contributed by atoms with Crippen LogP contribution in [0.5, 0.6) is 5.75 Å². The summed E-state index contributed by atoms with van der Waals surface area (Å²) in [7, 11) is 3.91. The highest BCUT2D eigenvalue weighted by Crippen LogP contribution is 2.16. The smallest absolute Gasteiger partial charge is 0.387 e. The Kier molecular flexibility index (Phi) is 6.89. The second kappa shape index (κ2) is 9.13. The molecule has 1 unspecified atom stereocenters. The number of likely N-dealkylation sites (N-methyl/N-ethyl adjacent to an activating group) is 1. The van der Waals surface area contributed by atoms with E-state index < -0.39 is 6.61 Å². The van der Waals surface area contributed by atoms with Crippen LogP contribution in [0.15, 0.2) is 54.6 Å². The number of carbonyl (C=O) groups excluding carboxylic acids is 1. The fourth-order valence-corrected chi connectivity index (χ4v) is 2.45. The number of hydrogen-bond donors (Lipinski definition) is 1. The van der Waals surface area contributed by atoms with Crippen LogP contribution in [0, 0.1) is 0 Å². The van der Waals surface area contributed by atoms with Crippen LogP contribution >= 0.6 is 0 Å². The van der Waals surface area contributed by atoms with Crippen molar-refractivity contribution >= 4 is 5.91 Å². The van der Waals surface area contributed by atoms with Gasteiger partial charge in [-0.05, 0) is 44.3 Å². The standard InChI is InChI=1S/C19H22F2N2O2/c1-23(2)16(11-14-7-4-3-5-8-14)13-22-18(24)15-9-6-10-17(12-15)25-19(20)21/h3-10,12,16,19H,11,13H2,1-2H3,(H,22,24). The summed E-state index contributed by atoms with van der Waals surface area (Å²) in [5.74, 6) is -0.351. The average Bonchev–Trinajstić information content (AvgIpc) is 2.58. The maximum absolute atomic E-state index is 12.3. The number of halogens is 2. The number of amides is 1. The number of nitrogens with zero attached hydrogens (tertiary/aromatic N) is 1. The normalized spacial score (nSPS) is 12.2. The molecule has 25 heavy (non-hydrogen) atoms. The summed E-state index contributed by atoms with van der Waals surface area (Å²) in [6.45, 7) is -2.47. The van der Waals surface area contributed by atoms with E-state index in [0.717, 1.165) is 6.42 Å². The molecule has 2 rings (SSSR count). The van der Waals surface area contributed by atoms with E-state index in [9.17, 15) is 13.6 Å². The first-order valence-corrected chi connectivity index (χ1v) is 7.99. The van der Waals surface area contributed by atoms with E-state index in [-0.39, 0.29) is 23.3 Å². The Morgan fingerprint density at radius 1 is 1.12 bits per heavy atom. The number of hydrogen-bond acceptors (Lipinski definition) is 3. The molecule has 0 aliphatic rings. The van der Waals surface area contributed by atoms with Crippen LogP contribution < -0.4 is 10.1 Å². The first kappa shape index (κ1) is 18.9. The highest BCUT2D eigenvalue weighted by atomic mass is 19.3. The third-order valence-electron chi connectivity index (χ3n) is 3.86. The van der Waals surface area contributed by atoms with Crippen LogP contribution in [0.1, 0.15) is 15.9 Å². The van der Waals surface area contributed by atoms with E-state index in [1.54, 1.807) is 6.07 Å². The van der Waals surface area contributed by atoms with Crippen LogP contribution in [-0.4, -0.2) is 44.1 Å². The molecule has 0 aliphatic heterocycles. The second-order valence-electron chi connectivity index (χ2n) is 5.92. The van der Waals surface area contributed by atoms with Crippen molar-refractivity contribution in [2.24, 2.45) is 0 Å². The first-order valence-electron chi connectivity index (χ1n) is 7.99. The van der Waals surface area contributed by atoms with Crippen molar-refractivity contribution in [3.8, 4) is 5.75 Å². The molecule has 1 amide bonds. The summed E-state index contributed by atoms with van der Waals surface area (Å²) < 4.78 is 28.9. The molecule has 2 aromatic carbocycles. The maximum Gasteiger partial charge on any atom is 0.387 e. The Hall–Kier alpha value is -2.47. The molecule has 0 fully saturated rings. The number of carbonyl (C=O) groups is 1. The fourth-order valence-electron chi connectivity index (χ4n) is 2.45. The lowest BCUT2D eigenvalue weighted by Gasteiger charge is -2.25. The van der Waals surface area contributed by atoms with Gasteiger partial charge >= 0.3 is 6.61 Å². The molecule has 0 aromatic heterocycles. The van der Waals surface area contributed by atoms with Crippen LogP contribution in [0.2, 0.25) is 0 Å². The van der Waals surface area contributed by atoms with Gasteiger partial charge in [-0.1, -0.05) is 36.4 Å². The zero-order chi connectivity index (χ0) is 18.2. The molecule has 0 radical (unpaired) electrons. The summed E-state index contributed by atoms with van der Waals surface area (Å²) in [6.07, 6.45) is 0.794. The van der Waals surface area contributed by atoms with Crippen LogP contribution in [0.4, 0.5) is 8.78 Å². The summed E-state index contributed by atoms with van der Waals surface area (Å²) in [6, 6.07) is 15.9. The van der Waals surface area contributed by atoms with E-state index >= 15 is 0 Å². The van der Waals surface area contributed by atoms with E-state index in [1.165, 1.54) is 23.8 Å². The van der Waals surface area contributed by atoms with E-state index in [0.29, 0.717) is 6.54 Å². The highest BCUT2D eigenvalue weighted by molar-refractivity contribution is 5.94. The largest absolute Gasteiger partial charge is 0.435 e. The summed E-state index contributed by atoms with van der Waals surface area (Å²) >= 11 is 0. The Bertz CT molecular complexity index is 678. The number of alkyl halides is 2. The van der Waals surface area contributed by atoms with Crippen LogP contribution in [0.3, 0.4) is 0 Å². The minimum Gasteiger partial charge on any atom is -0.435 e. The van der Waals surface area contributed by atoms with Gasteiger partial charge in [-0.15, -0.1) is 0 Å². The van der Waals surface area contributed by atoms with Gasteiger partial charge in [0.15, 0.2) is 0 Å². The average molecular weight is 348 g/mol. The molecule has 1 N–H and O–H groups in total. The van der Waals surface area contributed by atoms with Gasteiger partial charge in [0.1, 0.15) is 5.75 Å². The Labute approximate surface area is 146 Å². The summed E-state index contributed by atoms with van der Waals surface area (Å²) in [5, 5.41) is 2.86. The number of nitrogens with one attached hydrogen (secondary N) is 1. The van der Waals surface area contributed by atoms with Gasteiger partial charge in [0.05, 0.1) is 0 Å². The molecule has 0 heterocycles. The van der Waals surface area contributed by atoms with Gasteiger partial charge in [-0.3, -0.25) is 4.79 Å². The van der Waals surface area contributed by atoms with E-state index in [4.69, 9.17) is 0 Å². The molecule has 2 aromatic rings. The molecule has 1 atom stereocenters. The predicted octanol–water partition coefficient (Wildman–Crippen LogP) is 3.19. The molecule has 6 heteroatoms. The number of benzene rings is 2. The quantitative estimate of drug-likeness (QED) is 0.797. The van der Waals surface area contributed by atoms with Crippen molar-refractivity contribution < 1.29 is 18.3 Å². The molecule has 0 saturated heterocycles. The lowest BCUT2D eigenvalue weighted by molar-refractivity contribution is -0.0498. The second-order valence-corrected chi connectivity index (χ2v) is 5.92. The monoisotopic (exact) mass is 348 g/mol. The molecule has 4 nitrogen and oxygen atoms in total. The third-order valence-corrected chi connectivity index (χ3v) is 3.86. The van der Waals surface area contributed by atoms with Crippen molar-refractivity contribution in [3.63, 3.8) is 0 Å². The molecule has 0 bridgehead atoms. The van der Waals surface area contributed by atoms with E-state index in [2.05, 4.69) is 10.1 Å². The summed E-state index contributed by atoms with van der Waals surface area (Å²) in [4.78, 5) is 14.3. The van der Waals surface area contributed by atoms with Crippen molar-refractivity contribution in [1.82, 2.24) is 10.2 Å². The van der Waals surface area contributed by atoms with Gasteiger partial charge < -0.3 is 15.0 Å². The minimum atomic E-state index is -2.91. The van der Waals surface area contributed by atoms with Crippen molar-refractivity contribution in [2.45, 2.75) is 19.1 Å². The lowest BCUT2D eigenvalue weighted by Crippen LogP contribution is -2.41. The van der Waals surface area contributed by atoms with Crippen LogP contribution in [-0.2, 0) is 6.42 Å². The molecule has 0 aliphatic carbocycles. The SMILES string of the molecule is CN(C)C(CNC(=O)c1cccc(OC(F)F)c1)Cc1ccccc1. The first-order chi connectivity index (χ1) is 12.0. The van der Waals surface area contributed by atoms with Crippen molar-refractivity contribution in [1.29, 1.82) is 0 Å². The summed E-state index contributed by atoms with van der Waals surface area (Å²) in [5.41, 5.74) is 1.47. The molecule has 0 saturated carbocycles. The zero-order valence-corrected chi connectivity index (χ0v) is 14.3. The predicted molar refractivity (Wildman–Crippen MR) is 93.0 cm³/mol. The van der Waals surface area contributed by atoms with Gasteiger partial charge in [0.25, 0.3) is 5.91 Å². The van der Waals surface area contributed by atoms with E-state index in [1.807, 2.05) is 49.3 Å². The van der Waals surface area contributed by atoms with Gasteiger partial charge in [0, 0.05) is 18.2 Å². The van der Waals surface area contributed by atoms with Crippen molar-refractivity contribution in [3.05, 3.63) is 65.7 Å². The number of ether oxygens (including phenoxy) is 1. The van der Waals surface area contributed by atoms with Crippen molar-refractivity contribution in [2.75, 3.05) is 20.6 Å². The fraction of sp³-hybridized carbons (Fsp3) is 0.316. The third kappa shape index (κ3) is 6.15. The van der Waals surface area contributed by atoms with Gasteiger partial charge in [-0.25, -0.2) is 0 Å². The zero-order valence-electron chi connectivity index (χ0n) is 14.3.